The van der Waals surface area contributed by atoms with Crippen LogP contribution in [0.3, 0.4) is 0 Å². The first-order valence-electron chi connectivity index (χ1n) is 8.65. The van der Waals surface area contributed by atoms with Crippen molar-refractivity contribution >= 4 is 11.6 Å². The summed E-state index contributed by atoms with van der Waals surface area (Å²) in [5.41, 5.74) is 1.74. The van der Waals surface area contributed by atoms with Crippen LogP contribution in [0, 0.1) is 5.82 Å². The van der Waals surface area contributed by atoms with Crippen molar-refractivity contribution in [3.63, 3.8) is 0 Å². The number of piperazine rings is 1. The van der Waals surface area contributed by atoms with E-state index in [9.17, 15) is 4.39 Å². The third-order valence-corrected chi connectivity index (χ3v) is 4.44. The molecule has 0 radical (unpaired) electrons. The van der Waals surface area contributed by atoms with Crippen molar-refractivity contribution in [3.8, 4) is 5.88 Å². The summed E-state index contributed by atoms with van der Waals surface area (Å²) in [6.07, 6.45) is 1.73. The topological polar surface area (TPSA) is 53.0 Å². The first kappa shape index (κ1) is 18.0. The van der Waals surface area contributed by atoms with E-state index in [4.69, 9.17) is 4.74 Å². The third kappa shape index (κ3) is 4.22. The summed E-state index contributed by atoms with van der Waals surface area (Å²) in [6, 6.07) is 10.8. The minimum atomic E-state index is -0.171. The minimum absolute atomic E-state index is 0.171. The Labute approximate surface area is 153 Å². The van der Waals surface area contributed by atoms with E-state index in [0.717, 1.165) is 37.7 Å². The molecule has 0 atom stereocenters. The third-order valence-electron chi connectivity index (χ3n) is 4.44. The summed E-state index contributed by atoms with van der Waals surface area (Å²) in [5.74, 6) is 1.27. The van der Waals surface area contributed by atoms with Crippen molar-refractivity contribution in [2.45, 2.75) is 6.54 Å². The second-order valence-corrected chi connectivity index (χ2v) is 6.03. The van der Waals surface area contributed by atoms with E-state index in [1.165, 1.54) is 6.07 Å². The standard InChI is InChI=1S/C19H24FN5O/c1-21-19(23-14-15-7-8-22-18(13-15)26-2)25-11-9-24(10-12-25)17-6-4-3-5-16(17)20/h3-8,13H,9-12,14H2,1-2H3,(H,21,23). The molecule has 6 nitrogen and oxygen atoms in total. The van der Waals surface area contributed by atoms with Crippen molar-refractivity contribution < 1.29 is 9.13 Å². The van der Waals surface area contributed by atoms with Gasteiger partial charge in [-0.3, -0.25) is 4.99 Å². The Bertz CT molecular complexity index is 759. The predicted octanol–water partition coefficient (Wildman–Crippen LogP) is 2.13. The first-order chi connectivity index (χ1) is 12.7. The Hall–Kier alpha value is -2.83. The number of ether oxygens (including phenoxy) is 1. The summed E-state index contributed by atoms with van der Waals surface area (Å²) in [5, 5.41) is 3.37. The molecular formula is C19H24FN5O. The largest absolute Gasteiger partial charge is 0.481 e. The van der Waals surface area contributed by atoms with E-state index in [1.54, 1.807) is 26.4 Å². The van der Waals surface area contributed by atoms with Crippen LogP contribution in [0.1, 0.15) is 5.56 Å². The molecule has 1 fully saturated rings. The fourth-order valence-corrected chi connectivity index (χ4v) is 3.05. The van der Waals surface area contributed by atoms with Crippen LogP contribution >= 0.6 is 0 Å². The molecule has 2 aromatic rings. The highest BCUT2D eigenvalue weighted by Crippen LogP contribution is 2.20. The number of guanidine groups is 1. The normalized spacial score (nSPS) is 15.1. The molecule has 3 rings (SSSR count). The molecule has 0 unspecified atom stereocenters. The SMILES string of the molecule is CN=C(NCc1ccnc(OC)c1)N1CCN(c2ccccc2F)CC1. The lowest BCUT2D eigenvalue weighted by molar-refractivity contribution is 0.370. The maximum absolute atomic E-state index is 14.0. The van der Waals surface area contributed by atoms with Crippen LogP contribution < -0.4 is 15.0 Å². The average Bonchev–Trinajstić information content (AvgIpc) is 2.69. The number of hydrogen-bond donors (Lipinski definition) is 1. The van der Waals surface area contributed by atoms with Crippen LogP contribution in [-0.4, -0.2) is 56.2 Å². The van der Waals surface area contributed by atoms with E-state index < -0.39 is 0 Å². The van der Waals surface area contributed by atoms with Gasteiger partial charge in [0.05, 0.1) is 12.8 Å². The number of pyridine rings is 1. The zero-order valence-electron chi connectivity index (χ0n) is 15.2. The van der Waals surface area contributed by atoms with Crippen molar-refractivity contribution in [1.29, 1.82) is 0 Å². The van der Waals surface area contributed by atoms with Crippen molar-refractivity contribution in [3.05, 3.63) is 54.0 Å². The fraction of sp³-hybridized carbons (Fsp3) is 0.368. The minimum Gasteiger partial charge on any atom is -0.481 e. The van der Waals surface area contributed by atoms with E-state index in [2.05, 4.69) is 25.1 Å². The van der Waals surface area contributed by atoms with E-state index in [0.29, 0.717) is 18.1 Å². The molecule has 1 aromatic carbocycles. The number of nitrogens with one attached hydrogen (secondary N) is 1. The van der Waals surface area contributed by atoms with Crippen LogP contribution in [-0.2, 0) is 6.54 Å². The molecule has 0 bridgehead atoms. The van der Waals surface area contributed by atoms with Gasteiger partial charge >= 0.3 is 0 Å². The number of nitrogens with zero attached hydrogens (tertiary/aromatic N) is 4. The highest BCUT2D eigenvalue weighted by Gasteiger charge is 2.21. The number of rotatable bonds is 4. The number of aliphatic imine (C=N–C) groups is 1. The molecule has 0 spiro atoms. The maximum Gasteiger partial charge on any atom is 0.213 e. The van der Waals surface area contributed by atoms with Crippen molar-refractivity contribution in [2.24, 2.45) is 4.99 Å². The number of methoxy groups -OCH3 is 1. The van der Waals surface area contributed by atoms with Crippen LogP contribution in [0.2, 0.25) is 0 Å². The van der Waals surface area contributed by atoms with Gasteiger partial charge in [-0.05, 0) is 23.8 Å². The van der Waals surface area contributed by atoms with Crippen LogP contribution in [0.25, 0.3) is 0 Å². The summed E-state index contributed by atoms with van der Waals surface area (Å²) in [6.45, 7) is 3.72. The second-order valence-electron chi connectivity index (χ2n) is 6.03. The molecule has 1 saturated heterocycles. The molecule has 0 saturated carbocycles. The fourth-order valence-electron chi connectivity index (χ4n) is 3.05. The molecule has 7 heteroatoms. The predicted molar refractivity (Wildman–Crippen MR) is 101 cm³/mol. The molecule has 26 heavy (non-hydrogen) atoms. The summed E-state index contributed by atoms with van der Waals surface area (Å²) in [4.78, 5) is 12.8. The summed E-state index contributed by atoms with van der Waals surface area (Å²) in [7, 11) is 3.38. The van der Waals surface area contributed by atoms with Crippen LogP contribution in [0.5, 0.6) is 5.88 Å². The second kappa shape index (κ2) is 8.51. The lowest BCUT2D eigenvalue weighted by atomic mass is 10.2. The molecule has 138 valence electrons. The Balaban J connectivity index is 1.56. The van der Waals surface area contributed by atoms with Gasteiger partial charge in [-0.1, -0.05) is 12.1 Å². The summed E-state index contributed by atoms with van der Waals surface area (Å²) < 4.78 is 19.1. The molecule has 0 aliphatic carbocycles. The zero-order valence-corrected chi connectivity index (χ0v) is 15.2. The smallest absolute Gasteiger partial charge is 0.213 e. The molecule has 1 aliphatic rings. The first-order valence-corrected chi connectivity index (χ1v) is 8.65. The van der Waals surface area contributed by atoms with Gasteiger partial charge < -0.3 is 19.9 Å². The van der Waals surface area contributed by atoms with E-state index in [-0.39, 0.29) is 5.82 Å². The Morgan fingerprint density at radius 2 is 2.00 bits per heavy atom. The van der Waals surface area contributed by atoms with E-state index in [1.807, 2.05) is 24.3 Å². The van der Waals surface area contributed by atoms with Crippen LogP contribution in [0.15, 0.2) is 47.6 Å². The highest BCUT2D eigenvalue weighted by atomic mass is 19.1. The van der Waals surface area contributed by atoms with E-state index >= 15 is 0 Å². The van der Waals surface area contributed by atoms with Gasteiger partial charge in [0.1, 0.15) is 5.82 Å². The molecule has 2 heterocycles. The molecular weight excluding hydrogens is 333 g/mol. The Morgan fingerprint density at radius 1 is 1.23 bits per heavy atom. The monoisotopic (exact) mass is 357 g/mol. The molecule has 1 N–H and O–H groups in total. The number of benzene rings is 1. The molecule has 1 aliphatic heterocycles. The molecule has 0 amide bonds. The highest BCUT2D eigenvalue weighted by molar-refractivity contribution is 5.80. The van der Waals surface area contributed by atoms with Gasteiger partial charge in [0.2, 0.25) is 5.88 Å². The average molecular weight is 357 g/mol. The summed E-state index contributed by atoms with van der Waals surface area (Å²) >= 11 is 0. The van der Waals surface area contributed by atoms with Gasteiger partial charge in [-0.15, -0.1) is 0 Å². The van der Waals surface area contributed by atoms with Crippen LogP contribution in [0.4, 0.5) is 10.1 Å². The Kier molecular flexibility index (Phi) is 5.88. The van der Waals surface area contributed by atoms with Gasteiger partial charge in [0, 0.05) is 52.0 Å². The number of halogens is 1. The van der Waals surface area contributed by atoms with Gasteiger partial charge in [-0.2, -0.15) is 0 Å². The maximum atomic E-state index is 14.0. The number of anilines is 1. The van der Waals surface area contributed by atoms with Crippen molar-refractivity contribution in [2.75, 3.05) is 45.2 Å². The number of para-hydroxylation sites is 1. The van der Waals surface area contributed by atoms with Gasteiger partial charge in [0.25, 0.3) is 0 Å². The number of hydrogen-bond acceptors (Lipinski definition) is 4. The van der Waals surface area contributed by atoms with Gasteiger partial charge in [0.15, 0.2) is 5.96 Å². The van der Waals surface area contributed by atoms with Gasteiger partial charge in [-0.25, -0.2) is 9.37 Å². The van der Waals surface area contributed by atoms with Crippen molar-refractivity contribution in [1.82, 2.24) is 15.2 Å². The lowest BCUT2D eigenvalue weighted by Crippen LogP contribution is -2.52. The lowest BCUT2D eigenvalue weighted by Gasteiger charge is -2.37. The number of aromatic nitrogens is 1. The molecule has 1 aromatic heterocycles. The quantitative estimate of drug-likeness (QED) is 0.671. The Morgan fingerprint density at radius 3 is 2.69 bits per heavy atom. The zero-order chi connectivity index (χ0) is 18.4.